The predicted molar refractivity (Wildman–Crippen MR) is 73.0 cm³/mol. The van der Waals surface area contributed by atoms with Crippen molar-refractivity contribution in [2.24, 2.45) is 0 Å². The summed E-state index contributed by atoms with van der Waals surface area (Å²) in [5.41, 5.74) is 1.08. The van der Waals surface area contributed by atoms with Gasteiger partial charge < -0.3 is 13.8 Å². The normalized spacial score (nSPS) is 22.5. The zero-order valence-corrected chi connectivity index (χ0v) is 12.1. The van der Waals surface area contributed by atoms with Gasteiger partial charge in [-0.05, 0) is 5.56 Å². The van der Waals surface area contributed by atoms with Gasteiger partial charge in [-0.15, -0.1) is 0 Å². The summed E-state index contributed by atoms with van der Waals surface area (Å²) in [6, 6.07) is 9.08. The fourth-order valence-corrected chi connectivity index (χ4v) is 3.67. The molecule has 1 saturated heterocycles. The van der Waals surface area contributed by atoms with Crippen molar-refractivity contribution in [1.29, 1.82) is 0 Å². The highest BCUT2D eigenvalue weighted by molar-refractivity contribution is 7.85. The Morgan fingerprint density at radius 1 is 1.38 bits per heavy atom. The zero-order chi connectivity index (χ0) is 15.0. The van der Waals surface area contributed by atoms with Crippen LogP contribution in [0.1, 0.15) is 5.56 Å². The molecular weight excluding hydrogens is 296 g/mol. The van der Waals surface area contributed by atoms with Crippen molar-refractivity contribution in [3.8, 4) is 0 Å². The van der Waals surface area contributed by atoms with Crippen LogP contribution in [0.2, 0.25) is 0 Å². The Hall–Kier alpha value is -2.22. The van der Waals surface area contributed by atoms with E-state index in [9.17, 15) is 13.2 Å². The van der Waals surface area contributed by atoms with Crippen molar-refractivity contribution in [2.45, 2.75) is 12.6 Å². The minimum Gasteiger partial charge on any atom is -0.452 e. The van der Waals surface area contributed by atoms with Crippen LogP contribution in [0.4, 0.5) is 4.79 Å². The van der Waals surface area contributed by atoms with Crippen LogP contribution in [0.3, 0.4) is 0 Å². The van der Waals surface area contributed by atoms with Crippen molar-refractivity contribution in [3.63, 3.8) is 0 Å². The summed E-state index contributed by atoms with van der Waals surface area (Å²) in [7, 11) is -2.95. The summed E-state index contributed by atoms with van der Waals surface area (Å²) in [5.74, 6) is 0.247. The largest absolute Gasteiger partial charge is 0.452 e. The summed E-state index contributed by atoms with van der Waals surface area (Å²) in [6.45, 7) is 0.956. The second kappa shape index (κ2) is 4.96. The smallest absolute Gasteiger partial charge is 0.426 e. The Kier molecular flexibility index (Phi) is 3.25. The summed E-state index contributed by atoms with van der Waals surface area (Å²) in [5, 5.41) is 0. The van der Waals surface area contributed by atoms with Gasteiger partial charge in [-0.1, -0.05) is 30.3 Å². The molecule has 0 spiro atoms. The molecule has 2 aliphatic heterocycles. The SMILES string of the molecule is COC(=O)N1[C@H]2CN(Cc3ccccc3)C=C2OS1(=O)=O. The number of rotatable bonds is 2. The van der Waals surface area contributed by atoms with E-state index in [2.05, 4.69) is 4.74 Å². The fourth-order valence-electron chi connectivity index (χ4n) is 2.45. The number of fused-ring (bicyclic) bond motifs is 1. The molecule has 0 radical (unpaired) electrons. The molecule has 21 heavy (non-hydrogen) atoms. The van der Waals surface area contributed by atoms with E-state index in [1.165, 1.54) is 0 Å². The molecule has 1 fully saturated rings. The minimum absolute atomic E-state index is 0.247. The molecule has 1 aromatic rings. The van der Waals surface area contributed by atoms with E-state index in [4.69, 9.17) is 4.18 Å². The summed E-state index contributed by atoms with van der Waals surface area (Å²) in [6.07, 6.45) is 0.683. The van der Waals surface area contributed by atoms with E-state index in [-0.39, 0.29) is 5.76 Å². The molecule has 0 aromatic heterocycles. The van der Waals surface area contributed by atoms with E-state index < -0.39 is 22.4 Å². The van der Waals surface area contributed by atoms with E-state index in [1.807, 2.05) is 35.2 Å². The number of methoxy groups -OCH3 is 1. The molecule has 0 saturated carbocycles. The highest BCUT2D eigenvalue weighted by Crippen LogP contribution is 2.34. The van der Waals surface area contributed by atoms with Crippen molar-refractivity contribution in [2.75, 3.05) is 13.7 Å². The Morgan fingerprint density at radius 2 is 2.10 bits per heavy atom. The lowest BCUT2D eigenvalue weighted by Gasteiger charge is -2.21. The van der Waals surface area contributed by atoms with E-state index in [0.717, 1.165) is 12.7 Å². The third-order valence-electron chi connectivity index (χ3n) is 3.35. The number of nitrogens with zero attached hydrogens (tertiary/aromatic N) is 2. The van der Waals surface area contributed by atoms with Gasteiger partial charge in [0, 0.05) is 19.3 Å². The number of carbonyl (C=O) groups excluding carboxylic acids is 1. The highest BCUT2D eigenvalue weighted by Gasteiger charge is 2.50. The summed E-state index contributed by atoms with van der Waals surface area (Å²) >= 11 is 0. The Balaban J connectivity index is 1.80. The van der Waals surface area contributed by atoms with Gasteiger partial charge in [0.15, 0.2) is 5.76 Å². The van der Waals surface area contributed by atoms with Crippen LogP contribution in [0.5, 0.6) is 0 Å². The first-order chi connectivity index (χ1) is 10.0. The molecular formula is C13H14N2O5S. The van der Waals surface area contributed by atoms with Gasteiger partial charge in [-0.25, -0.2) is 4.79 Å². The van der Waals surface area contributed by atoms with Gasteiger partial charge in [0.25, 0.3) is 0 Å². The van der Waals surface area contributed by atoms with Crippen LogP contribution in [-0.2, 0) is 25.8 Å². The van der Waals surface area contributed by atoms with Gasteiger partial charge >= 0.3 is 16.4 Å². The number of hydrogen-bond acceptors (Lipinski definition) is 6. The first kappa shape index (κ1) is 13.7. The minimum atomic E-state index is -4.09. The van der Waals surface area contributed by atoms with Gasteiger partial charge in [-0.2, -0.15) is 12.7 Å². The number of benzene rings is 1. The third kappa shape index (κ3) is 2.42. The van der Waals surface area contributed by atoms with Crippen LogP contribution in [-0.4, -0.2) is 43.4 Å². The standard InChI is InChI=1S/C13H14N2O5S/c1-19-13(16)15-11-8-14(7-10-5-3-2-4-6-10)9-12(11)20-21(15,17)18/h2-6,9,11H,7-8H2,1H3/t11-/m0/s1. The number of carbonyl (C=O) groups is 1. The van der Waals surface area contributed by atoms with Crippen molar-refractivity contribution in [3.05, 3.63) is 47.9 Å². The first-order valence-corrected chi connectivity index (χ1v) is 7.69. The average molecular weight is 310 g/mol. The predicted octanol–water partition coefficient (Wildman–Crippen LogP) is 1.06. The number of ether oxygens (including phenoxy) is 1. The second-order valence-corrected chi connectivity index (χ2v) is 6.18. The molecule has 1 aromatic carbocycles. The lowest BCUT2D eigenvalue weighted by Crippen LogP contribution is -2.42. The monoisotopic (exact) mass is 310 g/mol. The molecule has 2 aliphatic rings. The molecule has 0 unspecified atom stereocenters. The van der Waals surface area contributed by atoms with Crippen molar-refractivity contribution >= 4 is 16.4 Å². The molecule has 7 nitrogen and oxygen atoms in total. The third-order valence-corrected chi connectivity index (χ3v) is 4.64. The average Bonchev–Trinajstić information content (AvgIpc) is 2.91. The number of amides is 1. The van der Waals surface area contributed by atoms with Gasteiger partial charge in [0.05, 0.1) is 7.11 Å². The van der Waals surface area contributed by atoms with Crippen molar-refractivity contribution in [1.82, 2.24) is 9.21 Å². The highest BCUT2D eigenvalue weighted by atomic mass is 32.2. The molecule has 0 aliphatic carbocycles. The molecule has 1 atom stereocenters. The van der Waals surface area contributed by atoms with E-state index >= 15 is 0 Å². The molecule has 0 bridgehead atoms. The molecule has 2 heterocycles. The van der Waals surface area contributed by atoms with Gasteiger partial charge in [0.2, 0.25) is 0 Å². The van der Waals surface area contributed by atoms with Gasteiger partial charge in [-0.3, -0.25) is 0 Å². The molecule has 0 N–H and O–H groups in total. The van der Waals surface area contributed by atoms with Gasteiger partial charge in [0.1, 0.15) is 6.04 Å². The lowest BCUT2D eigenvalue weighted by molar-refractivity contribution is 0.142. The second-order valence-electron chi connectivity index (χ2n) is 4.77. The maximum absolute atomic E-state index is 11.8. The van der Waals surface area contributed by atoms with Crippen LogP contribution in [0.25, 0.3) is 0 Å². The summed E-state index contributed by atoms with van der Waals surface area (Å²) in [4.78, 5) is 13.5. The Morgan fingerprint density at radius 3 is 2.76 bits per heavy atom. The van der Waals surface area contributed by atoms with Crippen LogP contribution in [0, 0.1) is 0 Å². The Bertz CT molecular complexity index is 686. The lowest BCUT2D eigenvalue weighted by atomic mass is 10.2. The molecule has 1 amide bonds. The Labute approximate surface area is 122 Å². The molecule has 8 heteroatoms. The maximum Gasteiger partial charge on any atom is 0.426 e. The zero-order valence-electron chi connectivity index (χ0n) is 11.3. The topological polar surface area (TPSA) is 76.2 Å². The van der Waals surface area contributed by atoms with Crippen LogP contribution < -0.4 is 0 Å². The quantitative estimate of drug-likeness (QED) is 0.813. The van der Waals surface area contributed by atoms with Crippen LogP contribution in [0.15, 0.2) is 42.3 Å². The maximum atomic E-state index is 11.8. The van der Waals surface area contributed by atoms with E-state index in [1.54, 1.807) is 6.20 Å². The summed E-state index contributed by atoms with van der Waals surface area (Å²) < 4.78 is 33.6. The van der Waals surface area contributed by atoms with Crippen LogP contribution >= 0.6 is 0 Å². The fraction of sp³-hybridized carbons (Fsp3) is 0.308. The van der Waals surface area contributed by atoms with Crippen molar-refractivity contribution < 1.29 is 22.1 Å². The first-order valence-electron chi connectivity index (χ1n) is 6.33. The number of hydrogen-bond donors (Lipinski definition) is 0. The molecule has 112 valence electrons. The molecule has 3 rings (SSSR count). The van der Waals surface area contributed by atoms with E-state index in [0.29, 0.717) is 17.4 Å².